The van der Waals surface area contributed by atoms with E-state index in [1.165, 1.54) is 88.0 Å². The lowest BCUT2D eigenvalue weighted by Crippen LogP contribution is -2.04. The number of hydrogen-bond acceptors (Lipinski definition) is 1. The molecule has 0 aliphatic rings. The molecule has 206 valence electrons. The van der Waals surface area contributed by atoms with E-state index >= 15 is 0 Å². The second-order valence-electron chi connectivity index (χ2n) is 13.1. The van der Waals surface area contributed by atoms with Gasteiger partial charge in [0.1, 0.15) is 0 Å². The standard InChI is InChI=1S/C39H40N2/c1-20(2)27-18-29(21(3)4)35(30(19-27)22(5)6)31-17-26-14-15-40-37-32-16-23(7)24(8)25(9)38(32)41-33-13-11-10-12-28(33)36(31)39(41)34(26)37/h10-22H,1-9H3. The summed E-state index contributed by atoms with van der Waals surface area (Å²) in [5.41, 5.74) is 16.1. The van der Waals surface area contributed by atoms with Gasteiger partial charge in [0.05, 0.1) is 22.1 Å². The predicted molar refractivity (Wildman–Crippen MR) is 178 cm³/mol. The molecule has 0 radical (unpaired) electrons. The molecule has 4 aromatic carbocycles. The van der Waals surface area contributed by atoms with Crippen molar-refractivity contribution in [3.05, 3.63) is 94.2 Å². The van der Waals surface area contributed by atoms with Crippen LogP contribution in [0.4, 0.5) is 0 Å². The van der Waals surface area contributed by atoms with Crippen LogP contribution in [0.1, 0.15) is 92.7 Å². The highest BCUT2D eigenvalue weighted by Gasteiger charge is 2.26. The van der Waals surface area contributed by atoms with Gasteiger partial charge in [0.2, 0.25) is 0 Å². The van der Waals surface area contributed by atoms with Gasteiger partial charge in [-0.2, -0.15) is 0 Å². The Balaban J connectivity index is 1.81. The molecule has 0 unspecified atom stereocenters. The summed E-state index contributed by atoms with van der Waals surface area (Å²) in [6, 6.07) is 21.0. The Morgan fingerprint density at radius 1 is 0.659 bits per heavy atom. The molecule has 0 amide bonds. The Morgan fingerprint density at radius 2 is 1.34 bits per heavy atom. The van der Waals surface area contributed by atoms with Crippen molar-refractivity contribution < 1.29 is 0 Å². The highest BCUT2D eigenvalue weighted by molar-refractivity contribution is 6.31. The first-order valence-electron chi connectivity index (χ1n) is 15.2. The summed E-state index contributed by atoms with van der Waals surface area (Å²) in [5, 5.41) is 6.45. The molecular weight excluding hydrogens is 496 g/mol. The molecule has 3 heterocycles. The van der Waals surface area contributed by atoms with E-state index in [9.17, 15) is 0 Å². The smallest absolute Gasteiger partial charge is 0.0822 e. The summed E-state index contributed by atoms with van der Waals surface area (Å²) in [4.78, 5) is 5.06. The number of hydrogen-bond donors (Lipinski definition) is 0. The van der Waals surface area contributed by atoms with Gasteiger partial charge in [0.25, 0.3) is 0 Å². The van der Waals surface area contributed by atoms with Crippen LogP contribution in [0, 0.1) is 20.8 Å². The highest BCUT2D eigenvalue weighted by Crippen LogP contribution is 2.49. The largest absolute Gasteiger partial charge is 0.308 e. The van der Waals surface area contributed by atoms with Gasteiger partial charge in [-0.1, -0.05) is 71.9 Å². The lowest BCUT2D eigenvalue weighted by atomic mass is 9.80. The van der Waals surface area contributed by atoms with Crippen LogP contribution >= 0.6 is 0 Å². The number of pyridine rings is 2. The van der Waals surface area contributed by atoms with Gasteiger partial charge in [0.15, 0.2) is 0 Å². The summed E-state index contributed by atoms with van der Waals surface area (Å²) in [7, 11) is 0. The Labute approximate surface area is 243 Å². The summed E-state index contributed by atoms with van der Waals surface area (Å²) in [6.07, 6.45) is 2.01. The summed E-state index contributed by atoms with van der Waals surface area (Å²) in [5.74, 6) is 1.31. The van der Waals surface area contributed by atoms with Gasteiger partial charge < -0.3 is 4.40 Å². The van der Waals surface area contributed by atoms with Crippen LogP contribution < -0.4 is 0 Å². The SMILES string of the molecule is Cc1cc2c3nccc4cc(-c5c(C(C)C)cc(C(C)C)cc5C(C)C)c5c6ccccc6n(c2c(C)c1C)c5c43. The number of benzene rings is 4. The molecule has 0 aliphatic carbocycles. The molecule has 41 heavy (non-hydrogen) atoms. The Bertz CT molecular complexity index is 2120. The van der Waals surface area contributed by atoms with E-state index in [-0.39, 0.29) is 0 Å². The summed E-state index contributed by atoms with van der Waals surface area (Å²) < 4.78 is 2.56. The van der Waals surface area contributed by atoms with Crippen molar-refractivity contribution in [2.75, 3.05) is 0 Å². The lowest BCUT2D eigenvalue weighted by molar-refractivity contribution is 0.808. The fraction of sp³-hybridized carbons (Fsp3) is 0.308. The molecule has 0 fully saturated rings. The van der Waals surface area contributed by atoms with E-state index in [4.69, 9.17) is 4.98 Å². The lowest BCUT2D eigenvalue weighted by Gasteiger charge is -2.25. The van der Waals surface area contributed by atoms with E-state index in [1.807, 2.05) is 6.20 Å². The number of fused-ring (bicyclic) bond motifs is 6. The molecule has 0 spiro atoms. The van der Waals surface area contributed by atoms with E-state index in [0.29, 0.717) is 17.8 Å². The minimum atomic E-state index is 0.412. The van der Waals surface area contributed by atoms with Gasteiger partial charge in [-0.25, -0.2) is 0 Å². The molecule has 7 aromatic rings. The van der Waals surface area contributed by atoms with Crippen LogP contribution in [0.3, 0.4) is 0 Å². The second-order valence-corrected chi connectivity index (χ2v) is 13.1. The second kappa shape index (κ2) is 9.05. The Kier molecular flexibility index (Phi) is 5.74. The van der Waals surface area contributed by atoms with Crippen LogP contribution in [-0.2, 0) is 0 Å². The van der Waals surface area contributed by atoms with Gasteiger partial charge >= 0.3 is 0 Å². The van der Waals surface area contributed by atoms with Crippen molar-refractivity contribution in [3.8, 4) is 11.1 Å². The summed E-state index contributed by atoms with van der Waals surface area (Å²) >= 11 is 0. The minimum absolute atomic E-state index is 0.412. The normalized spacial score (nSPS) is 12.7. The number of aromatic nitrogens is 2. The topological polar surface area (TPSA) is 17.3 Å². The minimum Gasteiger partial charge on any atom is -0.308 e. The highest BCUT2D eigenvalue weighted by atomic mass is 14.9. The quantitative estimate of drug-likeness (QED) is 0.161. The molecule has 0 saturated carbocycles. The Morgan fingerprint density at radius 3 is 2.00 bits per heavy atom. The molecular formula is C39H40N2. The first kappa shape index (κ1) is 26.0. The van der Waals surface area contributed by atoms with Gasteiger partial charge in [-0.3, -0.25) is 4.98 Å². The monoisotopic (exact) mass is 536 g/mol. The maximum atomic E-state index is 5.06. The van der Waals surface area contributed by atoms with E-state index < -0.39 is 0 Å². The van der Waals surface area contributed by atoms with E-state index in [2.05, 4.69) is 121 Å². The van der Waals surface area contributed by atoms with Crippen molar-refractivity contribution >= 4 is 49.0 Å². The van der Waals surface area contributed by atoms with Crippen molar-refractivity contribution in [2.24, 2.45) is 0 Å². The first-order chi connectivity index (χ1) is 19.6. The molecule has 3 aromatic heterocycles. The van der Waals surface area contributed by atoms with Crippen LogP contribution in [0.25, 0.3) is 60.1 Å². The van der Waals surface area contributed by atoms with Crippen molar-refractivity contribution in [1.82, 2.24) is 9.38 Å². The van der Waals surface area contributed by atoms with Gasteiger partial charge in [-0.15, -0.1) is 0 Å². The molecule has 0 bridgehead atoms. The Hall–Kier alpha value is -3.91. The van der Waals surface area contributed by atoms with Gasteiger partial charge in [-0.05, 0) is 113 Å². The fourth-order valence-corrected chi connectivity index (χ4v) is 7.26. The molecule has 0 aliphatic heterocycles. The van der Waals surface area contributed by atoms with Crippen molar-refractivity contribution in [1.29, 1.82) is 0 Å². The first-order valence-corrected chi connectivity index (χ1v) is 15.2. The molecule has 2 nitrogen and oxygen atoms in total. The fourth-order valence-electron chi connectivity index (χ4n) is 7.26. The molecule has 0 saturated heterocycles. The average Bonchev–Trinajstić information content (AvgIpc) is 3.30. The molecule has 0 N–H and O–H groups in total. The number of aryl methyl sites for hydroxylation is 2. The maximum absolute atomic E-state index is 5.06. The summed E-state index contributed by atoms with van der Waals surface area (Å²) in [6.45, 7) is 20.8. The zero-order valence-corrected chi connectivity index (χ0v) is 25.9. The number of nitrogens with zero attached hydrogens (tertiary/aromatic N) is 2. The van der Waals surface area contributed by atoms with Crippen LogP contribution in [0.5, 0.6) is 0 Å². The third-order valence-electron chi connectivity index (χ3n) is 9.67. The van der Waals surface area contributed by atoms with Crippen LogP contribution in [0.2, 0.25) is 0 Å². The van der Waals surface area contributed by atoms with E-state index in [1.54, 1.807) is 0 Å². The third-order valence-corrected chi connectivity index (χ3v) is 9.67. The van der Waals surface area contributed by atoms with Crippen molar-refractivity contribution in [2.45, 2.75) is 80.1 Å². The van der Waals surface area contributed by atoms with Crippen LogP contribution in [-0.4, -0.2) is 9.38 Å². The number of rotatable bonds is 4. The predicted octanol–water partition coefficient (Wildman–Crippen LogP) is 11.3. The zero-order chi connectivity index (χ0) is 28.9. The molecule has 2 heteroatoms. The van der Waals surface area contributed by atoms with Crippen molar-refractivity contribution in [3.63, 3.8) is 0 Å². The van der Waals surface area contributed by atoms with E-state index in [0.717, 1.165) is 5.52 Å². The average molecular weight is 537 g/mol. The molecule has 0 atom stereocenters. The maximum Gasteiger partial charge on any atom is 0.0822 e. The van der Waals surface area contributed by atoms with Crippen LogP contribution in [0.15, 0.2) is 60.8 Å². The van der Waals surface area contributed by atoms with Gasteiger partial charge in [0, 0.05) is 27.7 Å². The zero-order valence-electron chi connectivity index (χ0n) is 25.9. The third kappa shape index (κ3) is 3.52. The number of para-hydroxylation sites is 1. The molecule has 7 rings (SSSR count).